The van der Waals surface area contributed by atoms with Crippen molar-refractivity contribution in [2.24, 2.45) is 23.7 Å². The number of aliphatic hydroxyl groups is 2. The van der Waals surface area contributed by atoms with E-state index in [1.807, 2.05) is 0 Å². The number of ether oxygens (including phenoxy) is 2. The summed E-state index contributed by atoms with van der Waals surface area (Å²) in [4.78, 5) is -4.90. The van der Waals surface area contributed by atoms with E-state index in [1.54, 1.807) is 0 Å². The summed E-state index contributed by atoms with van der Waals surface area (Å²) in [6.45, 7) is 0. The van der Waals surface area contributed by atoms with Crippen LogP contribution < -0.4 is 0 Å². The Kier molecular flexibility index (Phi) is 2.21. The monoisotopic (exact) mass is 374 g/mol. The Morgan fingerprint density at radius 1 is 0.667 bits per heavy atom. The molecule has 0 aromatic carbocycles. The molecule has 2 bridgehead atoms. The summed E-state index contributed by atoms with van der Waals surface area (Å²) in [5, 5.41) is 21.4. The van der Waals surface area contributed by atoms with E-state index in [2.05, 4.69) is 0 Å². The molecule has 0 amide bonds. The fourth-order valence-electron chi connectivity index (χ4n) is 6.98. The number of aliphatic hydroxyl groups excluding tert-OH is 2. The molecule has 4 nitrogen and oxygen atoms in total. The highest BCUT2D eigenvalue weighted by molar-refractivity contribution is 6.51. The normalized spacial score (nSPS) is 74.3. The van der Waals surface area contributed by atoms with Gasteiger partial charge in [0.2, 0.25) is 5.79 Å². The van der Waals surface area contributed by atoms with E-state index in [0.29, 0.717) is 0 Å². The van der Waals surface area contributed by atoms with E-state index in [0.717, 1.165) is 0 Å². The van der Waals surface area contributed by atoms with Gasteiger partial charge in [0.1, 0.15) is 9.75 Å². The molecule has 0 heterocycles. The van der Waals surface area contributed by atoms with Gasteiger partial charge in [-0.05, 0) is 0 Å². The molecule has 8 heteroatoms. The Balaban J connectivity index is 1.94. The number of halogens is 4. The van der Waals surface area contributed by atoms with Gasteiger partial charge in [0.25, 0.3) is 0 Å². The third-order valence-electron chi connectivity index (χ3n) is 7.20. The van der Waals surface area contributed by atoms with Crippen LogP contribution in [-0.2, 0) is 9.47 Å². The standard InChI is InChI=1S/C13H14Cl4O4/c1-20-13(21-2)11(16)5-6-8(19)4-3(7(5)18)9(11,14)10(4,15)12(6,13)17/h3-8,18-19H,1-2H3/t3-,4+,5+,6-,7-,8-,9+,10+,11-,12-/m0/s1. The number of fused-ring (bicyclic) bond motifs is 2. The number of methoxy groups -OCH3 is 2. The van der Waals surface area contributed by atoms with Gasteiger partial charge in [0, 0.05) is 37.9 Å². The quantitative estimate of drug-likeness (QED) is 0.561. The van der Waals surface area contributed by atoms with E-state index in [9.17, 15) is 10.2 Å². The lowest BCUT2D eigenvalue weighted by molar-refractivity contribution is -0.225. The Bertz CT molecular complexity index is 541. The molecule has 0 aromatic heterocycles. The molecule has 10 atom stereocenters. The van der Waals surface area contributed by atoms with E-state index >= 15 is 0 Å². The smallest absolute Gasteiger partial charge is 0.211 e. The van der Waals surface area contributed by atoms with E-state index in [4.69, 9.17) is 55.9 Å². The van der Waals surface area contributed by atoms with Crippen molar-refractivity contribution in [2.75, 3.05) is 14.2 Å². The summed E-state index contributed by atoms with van der Waals surface area (Å²) < 4.78 is 11.3. The summed E-state index contributed by atoms with van der Waals surface area (Å²) in [6, 6.07) is 0. The second-order valence-electron chi connectivity index (χ2n) is 6.96. The van der Waals surface area contributed by atoms with Gasteiger partial charge in [0.15, 0.2) is 0 Å². The van der Waals surface area contributed by atoms with Crippen molar-refractivity contribution in [3.05, 3.63) is 0 Å². The average Bonchev–Trinajstić information content (AvgIpc) is 2.73. The summed E-state index contributed by atoms with van der Waals surface area (Å²) in [5.41, 5.74) is 0. The van der Waals surface area contributed by atoms with Crippen LogP contribution in [0.15, 0.2) is 0 Å². The van der Waals surface area contributed by atoms with Crippen molar-refractivity contribution in [3.8, 4) is 0 Å². The topological polar surface area (TPSA) is 58.9 Å². The van der Waals surface area contributed by atoms with E-state index in [-0.39, 0.29) is 0 Å². The Morgan fingerprint density at radius 2 is 0.952 bits per heavy atom. The van der Waals surface area contributed by atoms with Crippen molar-refractivity contribution >= 4 is 46.4 Å². The molecule has 0 aromatic rings. The zero-order chi connectivity index (χ0) is 15.4. The third kappa shape index (κ3) is 0.758. The summed E-state index contributed by atoms with van der Waals surface area (Å²) in [6.07, 6.45) is -1.53. The Hall–Kier alpha value is 1.00. The predicted octanol–water partition coefficient (Wildman–Crippen LogP) is 1.14. The van der Waals surface area contributed by atoms with Gasteiger partial charge < -0.3 is 19.7 Å². The third-order valence-corrected chi connectivity index (χ3v) is 10.8. The SMILES string of the molecule is COC1(OC)[C@]2(Cl)[C@@H]3[C@@H](O)[C@H]4[C@H]5[C@H](O)[C@@H]3[C@]1(Cl)[C@]5(Cl)[C@]42Cl. The highest BCUT2D eigenvalue weighted by Crippen LogP contribution is 2.97. The molecule has 5 rings (SSSR count). The minimum atomic E-state index is -1.45. The average molecular weight is 376 g/mol. The lowest BCUT2D eigenvalue weighted by atomic mass is 9.57. The second kappa shape index (κ2) is 3.23. The molecule has 5 aliphatic carbocycles. The van der Waals surface area contributed by atoms with Crippen molar-refractivity contribution in [1.29, 1.82) is 0 Å². The summed E-state index contributed by atoms with van der Waals surface area (Å²) in [5.74, 6) is -3.29. The fourth-order valence-corrected chi connectivity index (χ4v) is 10.4. The first-order valence-electron chi connectivity index (χ1n) is 6.90. The predicted molar refractivity (Wildman–Crippen MR) is 77.1 cm³/mol. The second-order valence-corrected chi connectivity index (χ2v) is 9.34. The molecule has 0 unspecified atom stereocenters. The van der Waals surface area contributed by atoms with Gasteiger partial charge in [0.05, 0.1) is 22.0 Å². The van der Waals surface area contributed by atoms with Crippen molar-refractivity contribution < 1.29 is 19.7 Å². The van der Waals surface area contributed by atoms with Crippen LogP contribution in [0.5, 0.6) is 0 Å². The van der Waals surface area contributed by atoms with Gasteiger partial charge >= 0.3 is 0 Å². The van der Waals surface area contributed by atoms with Crippen LogP contribution in [0.2, 0.25) is 0 Å². The first-order valence-corrected chi connectivity index (χ1v) is 8.41. The van der Waals surface area contributed by atoms with Gasteiger partial charge in [-0.25, -0.2) is 0 Å². The maximum absolute atomic E-state index is 10.7. The lowest BCUT2D eigenvalue weighted by Gasteiger charge is -2.60. The van der Waals surface area contributed by atoms with Crippen LogP contribution in [0.4, 0.5) is 0 Å². The molecule has 118 valence electrons. The lowest BCUT2D eigenvalue weighted by Crippen LogP contribution is -2.74. The van der Waals surface area contributed by atoms with Crippen LogP contribution in [0.25, 0.3) is 0 Å². The zero-order valence-corrected chi connectivity index (χ0v) is 14.2. The number of hydrogen-bond donors (Lipinski definition) is 2. The van der Waals surface area contributed by atoms with E-state index < -0.39 is 61.2 Å². The molecule has 5 aliphatic rings. The van der Waals surface area contributed by atoms with Gasteiger partial charge in [-0.2, -0.15) is 0 Å². The van der Waals surface area contributed by atoms with Gasteiger partial charge in [-0.3, -0.25) is 0 Å². The molecule has 0 spiro atoms. The minimum Gasteiger partial charge on any atom is -0.392 e. The first kappa shape index (κ1) is 14.4. The van der Waals surface area contributed by atoms with Crippen LogP contribution in [0, 0.1) is 23.7 Å². The van der Waals surface area contributed by atoms with Crippen LogP contribution in [0.1, 0.15) is 0 Å². The maximum Gasteiger partial charge on any atom is 0.211 e. The molecule has 0 radical (unpaired) electrons. The van der Waals surface area contributed by atoms with Crippen molar-refractivity contribution in [1.82, 2.24) is 0 Å². The fraction of sp³-hybridized carbons (Fsp3) is 1.00. The van der Waals surface area contributed by atoms with Crippen molar-refractivity contribution in [3.63, 3.8) is 0 Å². The molecule has 21 heavy (non-hydrogen) atoms. The molecule has 5 saturated carbocycles. The van der Waals surface area contributed by atoms with Gasteiger partial charge in [-0.1, -0.05) is 0 Å². The Morgan fingerprint density at radius 3 is 1.24 bits per heavy atom. The first-order chi connectivity index (χ1) is 9.68. The minimum absolute atomic E-state index is 0.404. The molecule has 5 fully saturated rings. The number of hydrogen-bond acceptors (Lipinski definition) is 4. The van der Waals surface area contributed by atoms with Crippen LogP contribution in [-0.4, -0.2) is 61.9 Å². The molecule has 0 saturated heterocycles. The van der Waals surface area contributed by atoms with E-state index in [1.165, 1.54) is 14.2 Å². The van der Waals surface area contributed by atoms with Crippen LogP contribution in [0.3, 0.4) is 0 Å². The largest absolute Gasteiger partial charge is 0.392 e. The van der Waals surface area contributed by atoms with Gasteiger partial charge in [-0.15, -0.1) is 46.4 Å². The highest BCUT2D eigenvalue weighted by atomic mass is 35.5. The van der Waals surface area contributed by atoms with Crippen LogP contribution >= 0.6 is 46.4 Å². The summed E-state index contributed by atoms with van der Waals surface area (Å²) >= 11 is 27.8. The Labute approximate surface area is 141 Å². The number of alkyl halides is 4. The molecule has 0 aliphatic heterocycles. The summed E-state index contributed by atoms with van der Waals surface area (Å²) in [7, 11) is 2.89. The molecular formula is C13H14Cl4O4. The zero-order valence-electron chi connectivity index (χ0n) is 11.2. The molecule has 2 N–H and O–H groups in total. The maximum atomic E-state index is 10.7. The highest BCUT2D eigenvalue weighted by Gasteiger charge is 3.11. The molecular weight excluding hydrogens is 362 g/mol. The van der Waals surface area contributed by atoms with Crippen molar-refractivity contribution in [2.45, 2.75) is 37.5 Å². The number of rotatable bonds is 2.